The van der Waals surface area contributed by atoms with Crippen molar-refractivity contribution in [3.05, 3.63) is 90.0 Å². The Kier molecular flexibility index (Phi) is 4.25. The van der Waals surface area contributed by atoms with Gasteiger partial charge in [0.15, 0.2) is 0 Å². The highest BCUT2D eigenvalue weighted by Gasteiger charge is 2.32. The molecule has 0 unspecified atom stereocenters. The Morgan fingerprint density at radius 2 is 1.52 bits per heavy atom. The number of alkyl halides is 3. The molecule has 0 atom stereocenters. The summed E-state index contributed by atoms with van der Waals surface area (Å²) in [6, 6.07) is 21.4. The minimum Gasteiger partial charge on any atom is -0.497 e. The highest BCUT2D eigenvalue weighted by molar-refractivity contribution is 6.29. The fourth-order valence-corrected chi connectivity index (χ4v) is 4.06. The van der Waals surface area contributed by atoms with Crippen molar-refractivity contribution in [3.63, 3.8) is 0 Å². The predicted octanol–water partition coefficient (Wildman–Crippen LogP) is 6.83. The van der Waals surface area contributed by atoms with Crippen LogP contribution < -0.4 is 9.64 Å². The predicted molar refractivity (Wildman–Crippen MR) is 114 cm³/mol. The average molecular weight is 419 g/mol. The van der Waals surface area contributed by atoms with Crippen molar-refractivity contribution >= 4 is 28.1 Å². The molecule has 0 aliphatic carbocycles. The zero-order valence-corrected chi connectivity index (χ0v) is 16.4. The van der Waals surface area contributed by atoms with Gasteiger partial charge in [0.25, 0.3) is 5.91 Å². The second-order valence-corrected chi connectivity index (χ2v) is 7.27. The smallest absolute Gasteiger partial charge is 0.416 e. The van der Waals surface area contributed by atoms with Gasteiger partial charge in [0, 0.05) is 11.1 Å². The minimum atomic E-state index is -4.38. The van der Waals surface area contributed by atoms with Gasteiger partial charge >= 0.3 is 6.18 Å². The molecule has 6 heteroatoms. The molecule has 0 spiro atoms. The molecule has 154 valence electrons. The normalized spacial score (nSPS) is 13.2. The fourth-order valence-electron chi connectivity index (χ4n) is 4.06. The zero-order chi connectivity index (χ0) is 21.8. The monoisotopic (exact) mass is 419 g/mol. The van der Waals surface area contributed by atoms with Gasteiger partial charge in [0.1, 0.15) is 5.75 Å². The zero-order valence-electron chi connectivity index (χ0n) is 16.4. The first-order valence-corrected chi connectivity index (χ1v) is 9.60. The molecule has 0 bridgehead atoms. The Labute approximate surface area is 176 Å². The van der Waals surface area contributed by atoms with Crippen LogP contribution in [-0.4, -0.2) is 13.0 Å². The van der Waals surface area contributed by atoms with Crippen LogP contribution in [0.2, 0.25) is 0 Å². The van der Waals surface area contributed by atoms with Gasteiger partial charge in [0.2, 0.25) is 0 Å². The van der Waals surface area contributed by atoms with Crippen molar-refractivity contribution in [1.29, 1.82) is 0 Å². The van der Waals surface area contributed by atoms with Crippen LogP contribution in [0.25, 0.3) is 21.9 Å². The lowest BCUT2D eigenvalue weighted by atomic mass is 9.95. The molecule has 0 N–H and O–H groups in total. The molecule has 1 heterocycles. The van der Waals surface area contributed by atoms with Crippen molar-refractivity contribution in [2.75, 3.05) is 12.0 Å². The lowest BCUT2D eigenvalue weighted by Gasteiger charge is -2.18. The van der Waals surface area contributed by atoms with Gasteiger partial charge in [-0.3, -0.25) is 9.69 Å². The van der Waals surface area contributed by atoms with E-state index < -0.39 is 11.7 Å². The third kappa shape index (κ3) is 3.03. The molecule has 31 heavy (non-hydrogen) atoms. The number of carbonyl (C=O) groups excluding carboxylic acids is 1. The summed E-state index contributed by atoms with van der Waals surface area (Å²) in [6.45, 7) is 0. The maximum Gasteiger partial charge on any atom is 0.416 e. The standard InChI is InChI=1S/C25H16F3NO2/c1-31-18-11-9-17(10-12-18)29-22-14-13-19(15-5-7-16(8-6-15)25(26,27)28)20-3-2-4-21(23(20)22)24(29)30/h2-14H,1H3. The molecule has 1 aliphatic heterocycles. The summed E-state index contributed by atoms with van der Waals surface area (Å²) in [5.41, 5.74) is 2.77. The van der Waals surface area contributed by atoms with E-state index in [1.54, 1.807) is 36.3 Å². The van der Waals surface area contributed by atoms with E-state index in [4.69, 9.17) is 4.74 Å². The van der Waals surface area contributed by atoms with Crippen molar-refractivity contribution < 1.29 is 22.7 Å². The van der Waals surface area contributed by atoms with Crippen LogP contribution in [0.5, 0.6) is 5.75 Å². The van der Waals surface area contributed by atoms with E-state index in [9.17, 15) is 18.0 Å². The maximum atomic E-state index is 13.2. The third-order valence-electron chi connectivity index (χ3n) is 5.55. The van der Waals surface area contributed by atoms with Crippen LogP contribution in [0, 0.1) is 0 Å². The first kappa shape index (κ1) is 19.2. The Morgan fingerprint density at radius 3 is 2.16 bits per heavy atom. The minimum absolute atomic E-state index is 0.143. The van der Waals surface area contributed by atoms with E-state index in [1.807, 2.05) is 30.3 Å². The van der Waals surface area contributed by atoms with Crippen LogP contribution in [0.1, 0.15) is 15.9 Å². The summed E-state index contributed by atoms with van der Waals surface area (Å²) in [5, 5.41) is 1.61. The topological polar surface area (TPSA) is 29.5 Å². The number of ether oxygens (including phenoxy) is 1. The number of amides is 1. The molecule has 1 amide bonds. The van der Waals surface area contributed by atoms with Gasteiger partial charge in [-0.25, -0.2) is 0 Å². The number of benzene rings is 4. The number of nitrogens with zero attached hydrogens (tertiary/aromatic N) is 1. The van der Waals surface area contributed by atoms with E-state index in [-0.39, 0.29) is 5.91 Å². The van der Waals surface area contributed by atoms with Crippen molar-refractivity contribution in [2.45, 2.75) is 6.18 Å². The molecule has 5 rings (SSSR count). The summed E-state index contributed by atoms with van der Waals surface area (Å²) < 4.78 is 44.0. The summed E-state index contributed by atoms with van der Waals surface area (Å²) in [6.07, 6.45) is -4.38. The molecule has 3 nitrogen and oxygen atoms in total. The summed E-state index contributed by atoms with van der Waals surface area (Å²) in [7, 11) is 1.58. The van der Waals surface area contributed by atoms with E-state index >= 15 is 0 Å². The summed E-state index contributed by atoms with van der Waals surface area (Å²) >= 11 is 0. The van der Waals surface area contributed by atoms with Gasteiger partial charge in [-0.2, -0.15) is 13.2 Å². The lowest BCUT2D eigenvalue weighted by Crippen LogP contribution is -2.20. The first-order valence-electron chi connectivity index (χ1n) is 9.60. The Morgan fingerprint density at radius 1 is 0.806 bits per heavy atom. The molecule has 0 saturated carbocycles. The van der Waals surface area contributed by atoms with Gasteiger partial charge in [-0.1, -0.05) is 30.3 Å². The van der Waals surface area contributed by atoms with Crippen LogP contribution in [0.4, 0.5) is 24.5 Å². The molecule has 4 aromatic rings. The van der Waals surface area contributed by atoms with E-state index in [2.05, 4.69) is 0 Å². The summed E-state index contributed by atoms with van der Waals surface area (Å²) in [5.74, 6) is 0.547. The highest BCUT2D eigenvalue weighted by atomic mass is 19.4. The Bertz CT molecular complexity index is 1310. The van der Waals surface area contributed by atoms with E-state index in [0.717, 1.165) is 34.2 Å². The average Bonchev–Trinajstić information content (AvgIpc) is 3.07. The van der Waals surface area contributed by atoms with Gasteiger partial charge < -0.3 is 4.74 Å². The first-order chi connectivity index (χ1) is 14.9. The van der Waals surface area contributed by atoms with Gasteiger partial charge in [-0.15, -0.1) is 0 Å². The SMILES string of the molecule is COc1ccc(N2C(=O)c3cccc4c(-c5ccc(C(F)(F)F)cc5)ccc2c34)cc1. The van der Waals surface area contributed by atoms with Crippen LogP contribution in [-0.2, 0) is 6.18 Å². The molecule has 4 aromatic carbocycles. The third-order valence-corrected chi connectivity index (χ3v) is 5.55. The van der Waals surface area contributed by atoms with Crippen LogP contribution in [0.15, 0.2) is 78.9 Å². The molecule has 0 fully saturated rings. The number of methoxy groups -OCH3 is 1. The van der Waals surface area contributed by atoms with Crippen LogP contribution >= 0.6 is 0 Å². The lowest BCUT2D eigenvalue weighted by molar-refractivity contribution is -0.137. The highest BCUT2D eigenvalue weighted by Crippen LogP contribution is 2.45. The second kappa shape index (κ2) is 6.87. The molecular weight excluding hydrogens is 403 g/mol. The molecule has 0 saturated heterocycles. The van der Waals surface area contributed by atoms with Gasteiger partial charge in [-0.05, 0) is 65.0 Å². The van der Waals surface area contributed by atoms with Crippen LogP contribution in [0.3, 0.4) is 0 Å². The molecule has 0 radical (unpaired) electrons. The van der Waals surface area contributed by atoms with E-state index in [0.29, 0.717) is 22.6 Å². The number of rotatable bonds is 3. The second-order valence-electron chi connectivity index (χ2n) is 7.27. The molecule has 1 aliphatic rings. The number of hydrogen-bond donors (Lipinski definition) is 0. The number of anilines is 2. The quantitative estimate of drug-likeness (QED) is 0.364. The number of halogens is 3. The maximum absolute atomic E-state index is 13.2. The Balaban J connectivity index is 1.65. The van der Waals surface area contributed by atoms with Crippen molar-refractivity contribution in [3.8, 4) is 16.9 Å². The molecular formula is C25H16F3NO2. The van der Waals surface area contributed by atoms with E-state index in [1.165, 1.54) is 12.1 Å². The summed E-state index contributed by atoms with van der Waals surface area (Å²) in [4.78, 5) is 14.9. The number of carbonyl (C=O) groups is 1. The van der Waals surface area contributed by atoms with Crippen molar-refractivity contribution in [1.82, 2.24) is 0 Å². The molecule has 0 aromatic heterocycles. The van der Waals surface area contributed by atoms with Gasteiger partial charge in [0.05, 0.1) is 23.9 Å². The Hall–Kier alpha value is -3.80. The fraction of sp³-hybridized carbons (Fsp3) is 0.0800. The van der Waals surface area contributed by atoms with Crippen molar-refractivity contribution in [2.24, 2.45) is 0 Å². The number of hydrogen-bond acceptors (Lipinski definition) is 2. The largest absolute Gasteiger partial charge is 0.497 e.